The summed E-state index contributed by atoms with van der Waals surface area (Å²) in [6, 6.07) is 6.63. The van der Waals surface area contributed by atoms with Crippen LogP contribution in [0.4, 0.5) is 27.4 Å². The third-order valence-corrected chi connectivity index (χ3v) is 5.35. The Morgan fingerprint density at radius 1 is 1.27 bits per heavy atom. The van der Waals surface area contributed by atoms with Crippen molar-refractivity contribution in [1.29, 1.82) is 0 Å². The Balaban J connectivity index is 1.98. The largest absolute Gasteiger partial charge is 0.398 e. The predicted octanol–water partition coefficient (Wildman–Crippen LogP) is 2.64. The number of nitrogens with two attached hydrogens (primary N) is 2. The minimum Gasteiger partial charge on any atom is -0.398 e. The van der Waals surface area contributed by atoms with Gasteiger partial charge in [-0.1, -0.05) is 18.9 Å². The van der Waals surface area contributed by atoms with Crippen molar-refractivity contribution in [2.75, 3.05) is 30.5 Å². The number of aromatic nitrogens is 1. The van der Waals surface area contributed by atoms with Crippen molar-refractivity contribution in [2.45, 2.75) is 37.8 Å². The molecule has 1 aromatic heterocycles. The van der Waals surface area contributed by atoms with Gasteiger partial charge >= 0.3 is 0 Å². The highest BCUT2D eigenvalue weighted by atomic mass is 19.1. The molecule has 7 N–H and O–H groups in total. The highest BCUT2D eigenvalue weighted by molar-refractivity contribution is 6.00. The number of benzene rings is 1. The fourth-order valence-electron chi connectivity index (χ4n) is 3.79. The van der Waals surface area contributed by atoms with Gasteiger partial charge in [0.25, 0.3) is 5.91 Å². The van der Waals surface area contributed by atoms with E-state index < -0.39 is 11.7 Å². The third kappa shape index (κ3) is 4.68. The molecule has 160 valence electrons. The summed E-state index contributed by atoms with van der Waals surface area (Å²) < 4.78 is 14.8. The van der Waals surface area contributed by atoms with E-state index in [0.29, 0.717) is 16.9 Å². The number of carbonyl (C=O) groups is 1. The fraction of sp³-hybridized carbons (Fsp3) is 0.381. The second-order valence-corrected chi connectivity index (χ2v) is 7.33. The third-order valence-electron chi connectivity index (χ3n) is 5.35. The SMILES string of the molecule is CN=Cc1c(N)cccc1Nc1nc(NC2CCCC[C@@H]2NC)c(F)cc1C(N)=O. The second-order valence-electron chi connectivity index (χ2n) is 7.33. The van der Waals surface area contributed by atoms with Crippen LogP contribution in [0.2, 0.25) is 0 Å². The maximum atomic E-state index is 14.8. The quantitative estimate of drug-likeness (QED) is 0.350. The molecule has 30 heavy (non-hydrogen) atoms. The molecular formula is C21H28FN7O. The van der Waals surface area contributed by atoms with E-state index in [2.05, 4.69) is 25.9 Å². The molecule has 1 aromatic carbocycles. The molecule has 0 saturated heterocycles. The molecular weight excluding hydrogens is 385 g/mol. The number of nitrogen functional groups attached to an aromatic ring is 1. The summed E-state index contributed by atoms with van der Waals surface area (Å²) in [7, 11) is 3.53. The van der Waals surface area contributed by atoms with Crippen LogP contribution in [-0.4, -0.2) is 43.3 Å². The lowest BCUT2D eigenvalue weighted by atomic mass is 9.90. The number of primary amides is 1. The average molecular weight is 414 g/mol. The molecule has 8 nitrogen and oxygen atoms in total. The summed E-state index contributed by atoms with van der Waals surface area (Å²) in [4.78, 5) is 20.3. The zero-order valence-electron chi connectivity index (χ0n) is 17.2. The van der Waals surface area contributed by atoms with Crippen molar-refractivity contribution in [1.82, 2.24) is 10.3 Å². The number of hydrogen-bond donors (Lipinski definition) is 5. The fourth-order valence-corrected chi connectivity index (χ4v) is 3.79. The van der Waals surface area contributed by atoms with E-state index in [9.17, 15) is 9.18 Å². The van der Waals surface area contributed by atoms with Crippen molar-refractivity contribution in [3.63, 3.8) is 0 Å². The smallest absolute Gasteiger partial charge is 0.252 e. The second kappa shape index (κ2) is 9.53. The lowest BCUT2D eigenvalue weighted by molar-refractivity contribution is 0.100. The van der Waals surface area contributed by atoms with Gasteiger partial charge in [-0.2, -0.15) is 0 Å². The maximum absolute atomic E-state index is 14.8. The number of likely N-dealkylation sites (N-methyl/N-ethyl adjacent to an activating group) is 1. The van der Waals surface area contributed by atoms with Gasteiger partial charge in [0.2, 0.25) is 0 Å². The molecule has 1 unspecified atom stereocenters. The first-order chi connectivity index (χ1) is 14.4. The van der Waals surface area contributed by atoms with Gasteiger partial charge < -0.3 is 27.4 Å². The van der Waals surface area contributed by atoms with Crippen LogP contribution in [0.25, 0.3) is 0 Å². The summed E-state index contributed by atoms with van der Waals surface area (Å²) in [5.74, 6) is -1.18. The zero-order valence-corrected chi connectivity index (χ0v) is 17.2. The molecule has 0 spiro atoms. The molecule has 1 amide bonds. The van der Waals surface area contributed by atoms with Gasteiger partial charge in [-0.3, -0.25) is 9.79 Å². The Morgan fingerprint density at radius 2 is 2.00 bits per heavy atom. The number of amides is 1. The van der Waals surface area contributed by atoms with Crippen molar-refractivity contribution < 1.29 is 9.18 Å². The van der Waals surface area contributed by atoms with Crippen LogP contribution in [0.1, 0.15) is 41.6 Å². The first-order valence-electron chi connectivity index (χ1n) is 9.96. The highest BCUT2D eigenvalue weighted by Gasteiger charge is 2.26. The highest BCUT2D eigenvalue weighted by Crippen LogP contribution is 2.29. The van der Waals surface area contributed by atoms with Crippen LogP contribution >= 0.6 is 0 Å². The van der Waals surface area contributed by atoms with Crippen molar-refractivity contribution >= 4 is 35.1 Å². The number of pyridine rings is 1. The Labute approximate surface area is 175 Å². The van der Waals surface area contributed by atoms with Gasteiger partial charge in [0.05, 0.1) is 11.3 Å². The molecule has 0 aliphatic heterocycles. The van der Waals surface area contributed by atoms with E-state index >= 15 is 0 Å². The predicted molar refractivity (Wildman–Crippen MR) is 119 cm³/mol. The number of nitrogens with zero attached hydrogens (tertiary/aromatic N) is 2. The first-order valence-corrected chi connectivity index (χ1v) is 9.96. The summed E-state index contributed by atoms with van der Waals surface area (Å²) >= 11 is 0. The minimum atomic E-state index is -0.782. The van der Waals surface area contributed by atoms with Crippen LogP contribution in [0.5, 0.6) is 0 Å². The van der Waals surface area contributed by atoms with Crippen LogP contribution in [-0.2, 0) is 0 Å². The first kappa shape index (κ1) is 21.5. The van der Waals surface area contributed by atoms with E-state index in [1.807, 2.05) is 7.05 Å². The van der Waals surface area contributed by atoms with Gasteiger partial charge in [-0.15, -0.1) is 0 Å². The molecule has 1 aliphatic carbocycles. The van der Waals surface area contributed by atoms with Gasteiger partial charge in [0, 0.05) is 36.6 Å². The standard InChI is InChI=1S/C21H28FN7O/c1-25-11-13-15(23)6-5-9-16(13)27-20-12(19(24)30)10-14(22)21(29-20)28-18-8-4-3-7-17(18)26-2/h5-6,9-11,17-18,26H,3-4,7-8,23H2,1-2H3,(H2,24,30)(H2,27,28,29)/t17-,18?/m0/s1. The van der Waals surface area contributed by atoms with Gasteiger partial charge in [0.15, 0.2) is 11.6 Å². The van der Waals surface area contributed by atoms with E-state index in [4.69, 9.17) is 11.5 Å². The number of nitrogens with one attached hydrogen (secondary N) is 3. The molecule has 2 atom stereocenters. The number of halogens is 1. The molecule has 3 rings (SSSR count). The van der Waals surface area contributed by atoms with Gasteiger partial charge in [0.1, 0.15) is 5.82 Å². The summed E-state index contributed by atoms with van der Waals surface area (Å²) in [6.45, 7) is 0. The lowest BCUT2D eigenvalue weighted by Gasteiger charge is -2.32. The number of aliphatic imine (C=N–C) groups is 1. The van der Waals surface area contributed by atoms with Crippen LogP contribution in [0, 0.1) is 5.82 Å². The van der Waals surface area contributed by atoms with E-state index in [1.54, 1.807) is 31.5 Å². The molecule has 1 heterocycles. The number of rotatable bonds is 7. The average Bonchev–Trinajstić information content (AvgIpc) is 2.73. The summed E-state index contributed by atoms with van der Waals surface area (Å²) in [6.07, 6.45) is 5.70. The number of anilines is 4. The van der Waals surface area contributed by atoms with E-state index in [1.165, 1.54) is 0 Å². The van der Waals surface area contributed by atoms with Crippen LogP contribution in [0.3, 0.4) is 0 Å². The summed E-state index contributed by atoms with van der Waals surface area (Å²) in [5, 5.41) is 9.55. The topological polar surface area (TPSA) is 130 Å². The molecule has 9 heteroatoms. The van der Waals surface area contributed by atoms with Crippen LogP contribution < -0.4 is 27.4 Å². The van der Waals surface area contributed by atoms with E-state index in [-0.39, 0.29) is 29.3 Å². The Bertz CT molecular complexity index is 947. The number of carbonyl (C=O) groups excluding carboxylic acids is 1. The van der Waals surface area contributed by atoms with Crippen molar-refractivity contribution in [3.05, 3.63) is 41.2 Å². The minimum absolute atomic E-state index is 0.0354. The van der Waals surface area contributed by atoms with Crippen molar-refractivity contribution in [2.24, 2.45) is 10.7 Å². The van der Waals surface area contributed by atoms with Gasteiger partial charge in [-0.25, -0.2) is 9.37 Å². The van der Waals surface area contributed by atoms with E-state index in [0.717, 1.165) is 31.7 Å². The molecule has 0 bridgehead atoms. The molecule has 1 fully saturated rings. The van der Waals surface area contributed by atoms with Crippen LogP contribution in [0.15, 0.2) is 29.3 Å². The molecule has 1 saturated carbocycles. The Kier molecular flexibility index (Phi) is 6.83. The normalized spacial score (nSPS) is 19.0. The monoisotopic (exact) mass is 413 g/mol. The van der Waals surface area contributed by atoms with Gasteiger partial charge in [-0.05, 0) is 38.1 Å². The molecule has 2 aromatic rings. The Morgan fingerprint density at radius 3 is 2.67 bits per heavy atom. The maximum Gasteiger partial charge on any atom is 0.252 e. The lowest BCUT2D eigenvalue weighted by Crippen LogP contribution is -2.45. The zero-order chi connectivity index (χ0) is 21.7. The number of hydrogen-bond acceptors (Lipinski definition) is 7. The summed E-state index contributed by atoms with van der Waals surface area (Å²) in [5.41, 5.74) is 13.2. The Hall–Kier alpha value is -3.20. The molecule has 0 radical (unpaired) electrons. The van der Waals surface area contributed by atoms with Crippen molar-refractivity contribution in [3.8, 4) is 0 Å². The molecule has 1 aliphatic rings.